The van der Waals surface area contributed by atoms with E-state index < -0.39 is 0 Å². The third-order valence-corrected chi connectivity index (χ3v) is 2.86. The fourth-order valence-electron chi connectivity index (χ4n) is 1.63. The van der Waals surface area contributed by atoms with Gasteiger partial charge in [0.2, 0.25) is 0 Å². The van der Waals surface area contributed by atoms with E-state index in [-0.39, 0.29) is 37.1 Å². The van der Waals surface area contributed by atoms with Gasteiger partial charge in [-0.2, -0.15) is 0 Å². The van der Waals surface area contributed by atoms with Crippen molar-refractivity contribution >= 4 is 18.9 Å². The summed E-state index contributed by atoms with van der Waals surface area (Å²) in [5, 5.41) is 25.3. The smallest absolute Gasteiger partial charge is 0.185 e. The summed E-state index contributed by atoms with van der Waals surface area (Å²) in [4.78, 5) is 29.9. The maximum atomic E-state index is 9.96. The lowest BCUT2D eigenvalue weighted by Gasteiger charge is -1.82. The summed E-state index contributed by atoms with van der Waals surface area (Å²) in [5.41, 5.74) is 0. The van der Waals surface area contributed by atoms with E-state index in [0.29, 0.717) is 36.1 Å². The van der Waals surface area contributed by atoms with Crippen LogP contribution in [-0.2, 0) is 19.8 Å². The minimum absolute atomic E-state index is 0.159. The molecule has 0 fully saturated rings. The maximum Gasteiger partial charge on any atom is 0.185 e. The van der Waals surface area contributed by atoms with Crippen LogP contribution in [0, 0.1) is 0 Å². The van der Waals surface area contributed by atoms with Crippen LogP contribution in [0.15, 0.2) is 49.6 Å². The van der Waals surface area contributed by atoms with Gasteiger partial charge in [0, 0.05) is 0 Å². The molecule has 3 aromatic heterocycles. The van der Waals surface area contributed by atoms with Crippen molar-refractivity contribution in [2.45, 2.75) is 19.8 Å². The standard InChI is InChI=1S/3C6H6O3/c3*7-3-5-1-2-6(4-8)9-5/h3*1-3,8H,4H2. The molecule has 0 radical (unpaired) electrons. The second-order valence-electron chi connectivity index (χ2n) is 4.74. The molecule has 0 aliphatic carbocycles. The lowest BCUT2D eigenvalue weighted by atomic mass is 10.4. The van der Waals surface area contributed by atoms with Crippen LogP contribution >= 0.6 is 0 Å². The Kier molecular flexibility index (Phi) is 9.79. The first kappa shape index (κ1) is 21.8. The average Bonchev–Trinajstić information content (AvgIpc) is 3.48. The van der Waals surface area contributed by atoms with E-state index in [1.54, 1.807) is 18.2 Å². The van der Waals surface area contributed by atoms with Crippen molar-refractivity contribution in [3.8, 4) is 0 Å². The molecule has 9 heteroatoms. The molecule has 0 saturated carbocycles. The number of rotatable bonds is 6. The highest BCUT2D eigenvalue weighted by atomic mass is 16.4. The fraction of sp³-hybridized carbons (Fsp3) is 0.167. The molecular weight excluding hydrogens is 360 g/mol. The third kappa shape index (κ3) is 7.65. The van der Waals surface area contributed by atoms with Gasteiger partial charge in [0.25, 0.3) is 0 Å². The van der Waals surface area contributed by atoms with Gasteiger partial charge >= 0.3 is 0 Å². The summed E-state index contributed by atoms with van der Waals surface area (Å²) >= 11 is 0. The predicted octanol–water partition coefficient (Wildman–Crippen LogP) is 1.75. The van der Waals surface area contributed by atoms with Crippen molar-refractivity contribution in [3.63, 3.8) is 0 Å². The van der Waals surface area contributed by atoms with Gasteiger partial charge in [-0.3, -0.25) is 14.4 Å². The number of carbonyl (C=O) groups excluding carboxylic acids is 3. The lowest BCUT2D eigenvalue weighted by Crippen LogP contribution is -1.74. The first-order chi connectivity index (χ1) is 13.1. The molecular formula is C18H18O9. The Morgan fingerprint density at radius 2 is 0.815 bits per heavy atom. The Bertz CT molecular complexity index is 715. The quantitative estimate of drug-likeness (QED) is 0.545. The molecule has 144 valence electrons. The molecule has 0 amide bonds. The highest BCUT2D eigenvalue weighted by Gasteiger charge is 1.97. The molecule has 3 heterocycles. The minimum Gasteiger partial charge on any atom is -0.456 e. The van der Waals surface area contributed by atoms with E-state index in [1.807, 2.05) is 0 Å². The van der Waals surface area contributed by atoms with Gasteiger partial charge in [-0.15, -0.1) is 0 Å². The van der Waals surface area contributed by atoms with Crippen molar-refractivity contribution in [1.29, 1.82) is 0 Å². The maximum absolute atomic E-state index is 9.96. The Hall–Kier alpha value is -3.27. The second kappa shape index (κ2) is 12.1. The van der Waals surface area contributed by atoms with Crippen LogP contribution < -0.4 is 0 Å². The molecule has 0 unspecified atom stereocenters. The molecule has 0 spiro atoms. The summed E-state index contributed by atoms with van der Waals surface area (Å²) < 4.78 is 14.3. The third-order valence-electron chi connectivity index (χ3n) is 2.86. The van der Waals surface area contributed by atoms with Gasteiger partial charge in [-0.1, -0.05) is 0 Å². The number of carbonyl (C=O) groups is 3. The van der Waals surface area contributed by atoms with Gasteiger partial charge in [-0.25, -0.2) is 0 Å². The predicted molar refractivity (Wildman–Crippen MR) is 90.1 cm³/mol. The van der Waals surface area contributed by atoms with Crippen molar-refractivity contribution in [2.75, 3.05) is 0 Å². The van der Waals surface area contributed by atoms with Gasteiger partial charge in [0.05, 0.1) is 0 Å². The van der Waals surface area contributed by atoms with Crippen LogP contribution in [-0.4, -0.2) is 34.2 Å². The average molecular weight is 378 g/mol. The zero-order valence-electron chi connectivity index (χ0n) is 14.1. The van der Waals surface area contributed by atoms with Crippen molar-refractivity contribution in [3.05, 3.63) is 71.0 Å². The summed E-state index contributed by atoms with van der Waals surface area (Å²) in [6.45, 7) is -0.477. The molecule has 0 aromatic carbocycles. The summed E-state index contributed by atoms with van der Waals surface area (Å²) in [6, 6.07) is 9.22. The molecule has 3 aromatic rings. The first-order valence-corrected chi connectivity index (χ1v) is 7.54. The summed E-state index contributed by atoms with van der Waals surface area (Å²) in [6.07, 6.45) is 1.79. The lowest BCUT2D eigenvalue weighted by molar-refractivity contribution is 0.108. The molecule has 3 N–H and O–H groups in total. The zero-order chi connectivity index (χ0) is 20.1. The molecule has 3 rings (SSSR count). The first-order valence-electron chi connectivity index (χ1n) is 7.54. The van der Waals surface area contributed by atoms with E-state index in [1.165, 1.54) is 18.2 Å². The topological polar surface area (TPSA) is 151 Å². The van der Waals surface area contributed by atoms with Crippen LogP contribution in [0.25, 0.3) is 0 Å². The van der Waals surface area contributed by atoms with Crippen molar-refractivity contribution in [2.24, 2.45) is 0 Å². The van der Waals surface area contributed by atoms with Crippen LogP contribution in [0.2, 0.25) is 0 Å². The highest BCUT2D eigenvalue weighted by molar-refractivity contribution is 5.71. The van der Waals surface area contributed by atoms with E-state index in [2.05, 4.69) is 0 Å². The molecule has 0 atom stereocenters. The Balaban J connectivity index is 0.000000202. The van der Waals surface area contributed by atoms with Crippen molar-refractivity contribution in [1.82, 2.24) is 0 Å². The normalized spacial score (nSPS) is 9.44. The molecule has 0 aliphatic rings. The molecule has 0 bridgehead atoms. The number of hydrogen-bond donors (Lipinski definition) is 3. The minimum atomic E-state index is -0.159. The summed E-state index contributed by atoms with van der Waals surface area (Å²) in [5.74, 6) is 1.99. The Morgan fingerprint density at radius 1 is 0.556 bits per heavy atom. The molecule has 0 saturated heterocycles. The van der Waals surface area contributed by atoms with Crippen LogP contribution in [0.4, 0.5) is 0 Å². The number of aliphatic hydroxyl groups excluding tert-OH is 3. The number of aldehydes is 3. The molecule has 0 aliphatic heterocycles. The summed E-state index contributed by atoms with van der Waals surface area (Å²) in [7, 11) is 0. The van der Waals surface area contributed by atoms with Gasteiger partial charge in [-0.05, 0) is 36.4 Å². The Labute approximate surface area is 153 Å². The zero-order valence-corrected chi connectivity index (χ0v) is 14.1. The Morgan fingerprint density at radius 3 is 0.926 bits per heavy atom. The number of furan rings is 3. The van der Waals surface area contributed by atoms with E-state index >= 15 is 0 Å². The monoisotopic (exact) mass is 378 g/mol. The van der Waals surface area contributed by atoms with Gasteiger partial charge in [0.1, 0.15) is 37.1 Å². The van der Waals surface area contributed by atoms with E-state index in [9.17, 15) is 14.4 Å². The molecule has 27 heavy (non-hydrogen) atoms. The van der Waals surface area contributed by atoms with Crippen LogP contribution in [0.5, 0.6) is 0 Å². The van der Waals surface area contributed by atoms with Gasteiger partial charge < -0.3 is 28.6 Å². The SMILES string of the molecule is O=Cc1ccc(CO)o1.O=Cc1ccc(CO)o1.O=Cc1ccc(CO)o1. The van der Waals surface area contributed by atoms with Crippen LogP contribution in [0.3, 0.4) is 0 Å². The van der Waals surface area contributed by atoms with E-state index in [0.717, 1.165) is 0 Å². The second-order valence-corrected chi connectivity index (χ2v) is 4.74. The van der Waals surface area contributed by atoms with Gasteiger partial charge in [0.15, 0.2) is 36.1 Å². The van der Waals surface area contributed by atoms with Crippen molar-refractivity contribution < 1.29 is 43.0 Å². The number of aliphatic hydroxyl groups is 3. The molecule has 9 nitrogen and oxygen atoms in total. The highest BCUT2D eigenvalue weighted by Crippen LogP contribution is 2.05. The largest absolute Gasteiger partial charge is 0.456 e. The fourth-order valence-corrected chi connectivity index (χ4v) is 1.63. The van der Waals surface area contributed by atoms with Crippen LogP contribution in [0.1, 0.15) is 48.9 Å². The van der Waals surface area contributed by atoms with E-state index in [4.69, 9.17) is 28.6 Å². The number of hydrogen-bond acceptors (Lipinski definition) is 9.